The van der Waals surface area contributed by atoms with Gasteiger partial charge in [-0.1, -0.05) is 18.2 Å². The molecular weight excluding hydrogens is 150 g/mol. The summed E-state index contributed by atoms with van der Waals surface area (Å²) in [7, 11) is 0. The molecule has 10 heavy (non-hydrogen) atoms. The number of rotatable bonds is 1. The van der Waals surface area contributed by atoms with Gasteiger partial charge in [0.2, 0.25) is 0 Å². The minimum atomic E-state index is -0.304. The topological polar surface area (TPSA) is 36.0 Å². The fourth-order valence-corrected chi connectivity index (χ4v) is 1.05. The molecule has 0 radical (unpaired) electrons. The summed E-state index contributed by atoms with van der Waals surface area (Å²) >= 11 is 5.58. The Morgan fingerprint density at radius 1 is 1.60 bits per heavy atom. The molecule has 0 saturated heterocycles. The quantitative estimate of drug-likeness (QED) is 0.567. The van der Waals surface area contributed by atoms with Crippen LogP contribution in [0.25, 0.3) is 0 Å². The molecule has 0 unspecified atom stereocenters. The van der Waals surface area contributed by atoms with Crippen molar-refractivity contribution in [2.75, 3.05) is 0 Å². The standard InChI is InChI=1S/C7H7ClNO/c1-5-2-6(4-10)9-7(8)3-5/h2-3H,4H2,1H3/q-1. The predicted octanol–water partition coefficient (Wildman–Crippen LogP) is 0.904. The summed E-state index contributed by atoms with van der Waals surface area (Å²) in [6.07, 6.45) is 0. The van der Waals surface area contributed by atoms with Gasteiger partial charge in [-0.2, -0.15) is 0 Å². The molecule has 3 heteroatoms. The Balaban J connectivity index is 3.06. The molecule has 0 aliphatic carbocycles. The van der Waals surface area contributed by atoms with Crippen LogP contribution in [0.2, 0.25) is 5.15 Å². The van der Waals surface area contributed by atoms with Crippen molar-refractivity contribution < 1.29 is 5.11 Å². The lowest BCUT2D eigenvalue weighted by atomic mass is 10.2. The Hall–Kier alpha value is -0.600. The first-order chi connectivity index (χ1) is 4.72. The summed E-state index contributed by atoms with van der Waals surface area (Å²) in [6, 6.07) is 3.46. The lowest BCUT2D eigenvalue weighted by Gasteiger charge is -2.04. The molecule has 0 aromatic carbocycles. The van der Waals surface area contributed by atoms with Gasteiger partial charge >= 0.3 is 0 Å². The molecule has 0 atom stereocenters. The second-order valence-electron chi connectivity index (χ2n) is 2.10. The zero-order chi connectivity index (χ0) is 7.56. The molecule has 0 saturated carbocycles. The SMILES string of the molecule is Cc1cc(Cl)nc(C[O-])c1. The van der Waals surface area contributed by atoms with E-state index in [-0.39, 0.29) is 6.61 Å². The fourth-order valence-electron chi connectivity index (χ4n) is 0.768. The second-order valence-corrected chi connectivity index (χ2v) is 2.49. The molecule has 0 bridgehead atoms. The van der Waals surface area contributed by atoms with Gasteiger partial charge in [-0.15, -0.1) is 0 Å². The molecule has 1 aromatic heterocycles. The van der Waals surface area contributed by atoms with Crippen LogP contribution in [-0.2, 0) is 6.61 Å². The maximum Gasteiger partial charge on any atom is 0.129 e. The normalized spacial score (nSPS) is 9.90. The lowest BCUT2D eigenvalue weighted by molar-refractivity contribution is -0.387. The summed E-state index contributed by atoms with van der Waals surface area (Å²) < 4.78 is 0. The van der Waals surface area contributed by atoms with E-state index in [0.717, 1.165) is 5.56 Å². The molecule has 2 nitrogen and oxygen atoms in total. The van der Waals surface area contributed by atoms with E-state index in [1.165, 1.54) is 0 Å². The van der Waals surface area contributed by atoms with Crippen molar-refractivity contribution in [2.24, 2.45) is 0 Å². The van der Waals surface area contributed by atoms with Gasteiger partial charge in [-0.05, 0) is 24.6 Å². The summed E-state index contributed by atoms with van der Waals surface area (Å²) in [5.41, 5.74) is 1.48. The average Bonchev–Trinajstić information content (AvgIpc) is 1.85. The highest BCUT2D eigenvalue weighted by Crippen LogP contribution is 2.08. The van der Waals surface area contributed by atoms with Crippen molar-refractivity contribution in [3.63, 3.8) is 0 Å². The Kier molecular flexibility index (Phi) is 2.25. The van der Waals surface area contributed by atoms with Gasteiger partial charge in [-0.3, -0.25) is 0 Å². The number of pyridine rings is 1. The molecule has 0 amide bonds. The molecule has 1 rings (SSSR count). The fraction of sp³-hybridized carbons (Fsp3) is 0.286. The smallest absolute Gasteiger partial charge is 0.129 e. The summed E-state index contributed by atoms with van der Waals surface area (Å²) in [5.74, 6) is 0. The molecule has 0 fully saturated rings. The first-order valence-electron chi connectivity index (χ1n) is 2.93. The van der Waals surface area contributed by atoms with E-state index in [9.17, 15) is 5.11 Å². The predicted molar refractivity (Wildman–Crippen MR) is 37.7 cm³/mol. The highest BCUT2D eigenvalue weighted by Gasteiger charge is 1.92. The number of halogens is 1. The molecule has 1 aromatic rings. The van der Waals surface area contributed by atoms with E-state index in [1.54, 1.807) is 12.1 Å². The minimum Gasteiger partial charge on any atom is -0.850 e. The van der Waals surface area contributed by atoms with Crippen molar-refractivity contribution in [3.05, 3.63) is 28.5 Å². The third-order valence-electron chi connectivity index (χ3n) is 1.14. The van der Waals surface area contributed by atoms with Crippen LogP contribution in [0, 0.1) is 6.92 Å². The van der Waals surface area contributed by atoms with Gasteiger partial charge in [0, 0.05) is 5.69 Å². The first kappa shape index (κ1) is 7.51. The maximum absolute atomic E-state index is 10.3. The van der Waals surface area contributed by atoms with Crippen LogP contribution < -0.4 is 5.11 Å². The van der Waals surface area contributed by atoms with Gasteiger partial charge < -0.3 is 5.11 Å². The number of nitrogens with zero attached hydrogens (tertiary/aromatic N) is 1. The maximum atomic E-state index is 10.3. The number of aryl methyl sites for hydroxylation is 1. The first-order valence-corrected chi connectivity index (χ1v) is 3.31. The molecule has 0 spiro atoms. The Morgan fingerprint density at radius 2 is 2.30 bits per heavy atom. The van der Waals surface area contributed by atoms with Crippen LogP contribution in [-0.4, -0.2) is 4.98 Å². The van der Waals surface area contributed by atoms with Gasteiger partial charge in [0.1, 0.15) is 5.15 Å². The molecule has 0 N–H and O–H groups in total. The summed E-state index contributed by atoms with van der Waals surface area (Å²) in [4.78, 5) is 3.81. The summed E-state index contributed by atoms with van der Waals surface area (Å²) in [6.45, 7) is 1.58. The van der Waals surface area contributed by atoms with Crippen LogP contribution >= 0.6 is 11.6 Å². The van der Waals surface area contributed by atoms with Gasteiger partial charge in [-0.25, -0.2) is 4.98 Å². The lowest BCUT2D eigenvalue weighted by Crippen LogP contribution is -2.04. The van der Waals surface area contributed by atoms with Crippen molar-refractivity contribution in [1.82, 2.24) is 4.98 Å². The van der Waals surface area contributed by atoms with Gasteiger partial charge in [0.05, 0.1) is 0 Å². The monoisotopic (exact) mass is 156 g/mol. The Morgan fingerprint density at radius 3 is 2.80 bits per heavy atom. The second kappa shape index (κ2) is 2.99. The zero-order valence-corrected chi connectivity index (χ0v) is 6.35. The zero-order valence-electron chi connectivity index (χ0n) is 5.60. The largest absolute Gasteiger partial charge is 0.850 e. The van der Waals surface area contributed by atoms with E-state index in [0.29, 0.717) is 10.8 Å². The Bertz CT molecular complexity index is 217. The molecule has 0 aliphatic rings. The van der Waals surface area contributed by atoms with Crippen LogP contribution in [0.5, 0.6) is 0 Å². The third kappa shape index (κ3) is 1.69. The summed E-state index contributed by atoms with van der Waals surface area (Å²) in [5, 5.41) is 10.7. The Labute approximate surface area is 64.5 Å². The van der Waals surface area contributed by atoms with E-state index >= 15 is 0 Å². The minimum absolute atomic E-state index is 0.304. The van der Waals surface area contributed by atoms with Crippen LogP contribution in [0.3, 0.4) is 0 Å². The van der Waals surface area contributed by atoms with E-state index < -0.39 is 0 Å². The average molecular weight is 157 g/mol. The van der Waals surface area contributed by atoms with Crippen LogP contribution in [0.4, 0.5) is 0 Å². The number of hydrogen-bond donors (Lipinski definition) is 0. The van der Waals surface area contributed by atoms with Crippen LogP contribution in [0.15, 0.2) is 12.1 Å². The number of aromatic nitrogens is 1. The van der Waals surface area contributed by atoms with Crippen LogP contribution in [0.1, 0.15) is 11.3 Å². The molecule has 54 valence electrons. The van der Waals surface area contributed by atoms with E-state index in [2.05, 4.69) is 4.98 Å². The van der Waals surface area contributed by atoms with Gasteiger partial charge in [0.15, 0.2) is 0 Å². The highest BCUT2D eigenvalue weighted by molar-refractivity contribution is 6.29. The molecule has 0 aliphatic heterocycles. The van der Waals surface area contributed by atoms with E-state index in [1.807, 2.05) is 6.92 Å². The molecule has 1 heterocycles. The van der Waals surface area contributed by atoms with Gasteiger partial charge in [0.25, 0.3) is 0 Å². The third-order valence-corrected chi connectivity index (χ3v) is 1.33. The van der Waals surface area contributed by atoms with Crippen molar-refractivity contribution in [1.29, 1.82) is 0 Å². The van der Waals surface area contributed by atoms with E-state index in [4.69, 9.17) is 11.6 Å². The highest BCUT2D eigenvalue weighted by atomic mass is 35.5. The number of hydrogen-bond acceptors (Lipinski definition) is 2. The van der Waals surface area contributed by atoms with Crippen molar-refractivity contribution >= 4 is 11.6 Å². The van der Waals surface area contributed by atoms with Crippen molar-refractivity contribution in [3.8, 4) is 0 Å². The molecular formula is C7H7ClNO-. The van der Waals surface area contributed by atoms with Crippen molar-refractivity contribution in [2.45, 2.75) is 13.5 Å².